The van der Waals surface area contributed by atoms with Gasteiger partial charge in [0, 0.05) is 25.2 Å². The van der Waals surface area contributed by atoms with Crippen LogP contribution in [-0.4, -0.2) is 30.4 Å². The molecule has 0 N–H and O–H groups in total. The van der Waals surface area contributed by atoms with Crippen LogP contribution in [0.25, 0.3) is 0 Å². The SMILES string of the molecule is C/C=C/C=C/C(=O)OCC(=O)N(C)Cc1ccccc1F. The van der Waals surface area contributed by atoms with Crippen molar-refractivity contribution in [2.75, 3.05) is 13.7 Å². The zero-order valence-corrected chi connectivity index (χ0v) is 12.1. The number of carbonyl (C=O) groups is 2. The Morgan fingerprint density at radius 2 is 2.00 bits per heavy atom. The van der Waals surface area contributed by atoms with Crippen LogP contribution in [0.1, 0.15) is 12.5 Å². The molecule has 21 heavy (non-hydrogen) atoms. The molecule has 0 aromatic heterocycles. The van der Waals surface area contributed by atoms with E-state index in [9.17, 15) is 14.0 Å². The molecule has 0 saturated heterocycles. The van der Waals surface area contributed by atoms with Crippen molar-refractivity contribution in [3.8, 4) is 0 Å². The Labute approximate surface area is 123 Å². The summed E-state index contributed by atoms with van der Waals surface area (Å²) in [5.74, 6) is -1.37. The second kappa shape index (κ2) is 8.68. The third-order valence-electron chi connectivity index (χ3n) is 2.66. The van der Waals surface area contributed by atoms with Crippen LogP contribution in [0.15, 0.2) is 48.6 Å². The lowest BCUT2D eigenvalue weighted by Crippen LogP contribution is -2.30. The lowest BCUT2D eigenvalue weighted by molar-refractivity contribution is -0.147. The second-order valence-corrected chi connectivity index (χ2v) is 4.33. The minimum atomic E-state index is -0.597. The van der Waals surface area contributed by atoms with Gasteiger partial charge in [0.15, 0.2) is 6.61 Å². The van der Waals surface area contributed by atoms with Crippen LogP contribution in [0.2, 0.25) is 0 Å². The Morgan fingerprint density at radius 1 is 1.29 bits per heavy atom. The van der Waals surface area contributed by atoms with Crippen molar-refractivity contribution in [1.82, 2.24) is 4.90 Å². The van der Waals surface area contributed by atoms with Gasteiger partial charge in [0.2, 0.25) is 0 Å². The Bertz CT molecular complexity index is 552. The first kappa shape index (κ1) is 16.6. The fourth-order valence-corrected chi connectivity index (χ4v) is 1.51. The number of amides is 1. The van der Waals surface area contributed by atoms with Gasteiger partial charge in [-0.1, -0.05) is 36.4 Å². The molecule has 5 heteroatoms. The largest absolute Gasteiger partial charge is 0.452 e. The molecule has 0 atom stereocenters. The van der Waals surface area contributed by atoms with Crippen molar-refractivity contribution in [2.45, 2.75) is 13.5 Å². The monoisotopic (exact) mass is 291 g/mol. The van der Waals surface area contributed by atoms with Crippen molar-refractivity contribution >= 4 is 11.9 Å². The highest BCUT2D eigenvalue weighted by Gasteiger charge is 2.12. The van der Waals surface area contributed by atoms with E-state index in [2.05, 4.69) is 0 Å². The molecule has 0 aliphatic heterocycles. The molecular weight excluding hydrogens is 273 g/mol. The van der Waals surface area contributed by atoms with Gasteiger partial charge >= 0.3 is 5.97 Å². The first-order valence-electron chi connectivity index (χ1n) is 6.48. The molecule has 0 saturated carbocycles. The lowest BCUT2D eigenvalue weighted by atomic mass is 10.2. The quantitative estimate of drug-likeness (QED) is 0.459. The minimum absolute atomic E-state index is 0.122. The molecule has 1 aromatic rings. The number of likely N-dealkylation sites (N-methyl/N-ethyl adjacent to an activating group) is 1. The van der Waals surface area contributed by atoms with Crippen molar-refractivity contribution < 1.29 is 18.7 Å². The first-order chi connectivity index (χ1) is 10.0. The van der Waals surface area contributed by atoms with Crippen LogP contribution >= 0.6 is 0 Å². The summed E-state index contributed by atoms with van der Waals surface area (Å²) in [6, 6.07) is 6.22. The van der Waals surface area contributed by atoms with E-state index in [1.165, 1.54) is 30.2 Å². The summed E-state index contributed by atoms with van der Waals surface area (Å²) in [6.07, 6.45) is 6.19. The van der Waals surface area contributed by atoms with Crippen LogP contribution < -0.4 is 0 Å². The average molecular weight is 291 g/mol. The van der Waals surface area contributed by atoms with Gasteiger partial charge in [-0.05, 0) is 13.0 Å². The molecular formula is C16H18FNO3. The summed E-state index contributed by atoms with van der Waals surface area (Å²) in [7, 11) is 1.53. The Balaban J connectivity index is 2.45. The number of rotatable bonds is 6. The van der Waals surface area contributed by atoms with Crippen molar-refractivity contribution in [3.05, 3.63) is 60.0 Å². The van der Waals surface area contributed by atoms with E-state index in [1.807, 2.05) is 6.92 Å². The number of benzene rings is 1. The molecule has 0 aliphatic carbocycles. The number of carbonyl (C=O) groups excluding carboxylic acids is 2. The van der Waals surface area contributed by atoms with Gasteiger partial charge < -0.3 is 9.64 Å². The minimum Gasteiger partial charge on any atom is -0.452 e. The molecule has 1 aromatic carbocycles. The molecule has 0 aliphatic rings. The third-order valence-corrected chi connectivity index (χ3v) is 2.66. The van der Waals surface area contributed by atoms with Crippen molar-refractivity contribution in [1.29, 1.82) is 0 Å². The van der Waals surface area contributed by atoms with E-state index in [1.54, 1.807) is 30.4 Å². The summed E-state index contributed by atoms with van der Waals surface area (Å²) in [5.41, 5.74) is 0.410. The maximum atomic E-state index is 13.5. The molecule has 0 heterocycles. The van der Waals surface area contributed by atoms with E-state index in [0.717, 1.165) is 0 Å². The van der Waals surface area contributed by atoms with Crippen LogP contribution in [0.4, 0.5) is 4.39 Å². The number of hydrogen-bond acceptors (Lipinski definition) is 3. The van der Waals surface area contributed by atoms with Gasteiger partial charge in [-0.25, -0.2) is 9.18 Å². The molecule has 1 rings (SSSR count). The predicted molar refractivity (Wildman–Crippen MR) is 77.8 cm³/mol. The maximum Gasteiger partial charge on any atom is 0.331 e. The molecule has 0 bridgehead atoms. The van der Waals surface area contributed by atoms with Crippen LogP contribution in [-0.2, 0) is 20.9 Å². The standard InChI is InChI=1S/C16H18FNO3/c1-3-4-5-10-16(20)21-12-15(19)18(2)11-13-8-6-7-9-14(13)17/h3-10H,11-12H2,1-2H3/b4-3+,10-5+. The summed E-state index contributed by atoms with van der Waals surface area (Å²) in [4.78, 5) is 24.4. The van der Waals surface area contributed by atoms with Gasteiger partial charge in [0.25, 0.3) is 5.91 Å². The number of allylic oxidation sites excluding steroid dienone is 3. The molecule has 0 fully saturated rings. The highest BCUT2D eigenvalue weighted by atomic mass is 19.1. The zero-order chi connectivity index (χ0) is 15.7. The summed E-state index contributed by atoms with van der Waals surface area (Å²) in [5, 5.41) is 0. The number of esters is 1. The topological polar surface area (TPSA) is 46.6 Å². The Hall–Kier alpha value is -2.43. The fraction of sp³-hybridized carbons (Fsp3) is 0.250. The first-order valence-corrected chi connectivity index (χ1v) is 6.48. The van der Waals surface area contributed by atoms with E-state index in [0.29, 0.717) is 5.56 Å². The van der Waals surface area contributed by atoms with Gasteiger partial charge in [-0.2, -0.15) is 0 Å². The summed E-state index contributed by atoms with van der Waals surface area (Å²) < 4.78 is 18.3. The van der Waals surface area contributed by atoms with Crippen LogP contribution in [0, 0.1) is 5.82 Å². The molecule has 0 unspecified atom stereocenters. The van der Waals surface area contributed by atoms with E-state index < -0.39 is 11.9 Å². The fourth-order valence-electron chi connectivity index (χ4n) is 1.51. The maximum absolute atomic E-state index is 13.5. The molecule has 4 nitrogen and oxygen atoms in total. The van der Waals surface area contributed by atoms with E-state index >= 15 is 0 Å². The normalized spacial score (nSPS) is 11.0. The van der Waals surface area contributed by atoms with Crippen LogP contribution in [0.3, 0.4) is 0 Å². The second-order valence-electron chi connectivity index (χ2n) is 4.33. The molecule has 112 valence electrons. The van der Waals surface area contributed by atoms with Crippen molar-refractivity contribution in [3.63, 3.8) is 0 Å². The lowest BCUT2D eigenvalue weighted by Gasteiger charge is -2.17. The number of nitrogens with zero attached hydrogens (tertiary/aromatic N) is 1. The zero-order valence-electron chi connectivity index (χ0n) is 12.1. The Morgan fingerprint density at radius 3 is 2.67 bits per heavy atom. The van der Waals surface area contributed by atoms with Crippen molar-refractivity contribution in [2.24, 2.45) is 0 Å². The van der Waals surface area contributed by atoms with Gasteiger partial charge in [-0.3, -0.25) is 4.79 Å². The number of ether oxygens (including phenoxy) is 1. The molecule has 0 radical (unpaired) electrons. The predicted octanol–water partition coefficient (Wildman–Crippen LogP) is 2.46. The molecule has 0 spiro atoms. The van der Waals surface area contributed by atoms with Gasteiger partial charge in [0.1, 0.15) is 5.82 Å². The van der Waals surface area contributed by atoms with E-state index in [4.69, 9.17) is 4.74 Å². The average Bonchev–Trinajstić information content (AvgIpc) is 2.47. The van der Waals surface area contributed by atoms with E-state index in [-0.39, 0.29) is 19.0 Å². The number of hydrogen-bond donors (Lipinski definition) is 0. The highest BCUT2D eigenvalue weighted by Crippen LogP contribution is 2.08. The molecule has 1 amide bonds. The summed E-state index contributed by atoms with van der Waals surface area (Å²) in [6.45, 7) is 1.57. The number of halogens is 1. The van der Waals surface area contributed by atoms with Gasteiger partial charge in [0.05, 0.1) is 0 Å². The third kappa shape index (κ3) is 6.03. The Kier molecular flexibility index (Phi) is 6.87. The smallest absolute Gasteiger partial charge is 0.331 e. The highest BCUT2D eigenvalue weighted by molar-refractivity contribution is 5.85. The van der Waals surface area contributed by atoms with Crippen LogP contribution in [0.5, 0.6) is 0 Å². The summed E-state index contributed by atoms with van der Waals surface area (Å²) >= 11 is 0. The van der Waals surface area contributed by atoms with Gasteiger partial charge in [-0.15, -0.1) is 0 Å².